The summed E-state index contributed by atoms with van der Waals surface area (Å²) in [6.45, 7) is 9.91. The molecule has 2 rings (SSSR count). The fourth-order valence-electron chi connectivity index (χ4n) is 2.43. The number of nitrogens with one attached hydrogen (secondary N) is 2. The molecule has 1 aromatic carbocycles. The molecule has 2 atom stereocenters. The van der Waals surface area contributed by atoms with E-state index in [9.17, 15) is 9.59 Å². The van der Waals surface area contributed by atoms with E-state index in [2.05, 4.69) is 20.8 Å². The topological polar surface area (TPSA) is 97.1 Å². The van der Waals surface area contributed by atoms with Gasteiger partial charge in [0.25, 0.3) is 5.91 Å². The highest BCUT2D eigenvalue weighted by Gasteiger charge is 2.27. The minimum atomic E-state index is -0.679. The van der Waals surface area contributed by atoms with E-state index in [0.717, 1.165) is 6.42 Å². The summed E-state index contributed by atoms with van der Waals surface area (Å²) in [6.07, 6.45) is 0.732. The first kappa shape index (κ1) is 21.9. The molecule has 2 unspecified atom stereocenters. The third-order valence-electron chi connectivity index (χ3n) is 4.42. The van der Waals surface area contributed by atoms with Gasteiger partial charge in [0.2, 0.25) is 11.8 Å². The molecule has 0 saturated heterocycles. The van der Waals surface area contributed by atoms with Crippen molar-refractivity contribution in [3.63, 3.8) is 0 Å². The van der Waals surface area contributed by atoms with Crippen LogP contribution in [0.15, 0.2) is 28.8 Å². The standard InChI is InChI=1S/C20H27ClN4O3/c1-6-12(2)16(24-17(26)13-7-9-14(21)10-8-13)18(27)22-11-15-23-19(28-25-15)20(3,4)5/h7-10,12,16H,6,11H2,1-5H3,(H,22,27)(H,24,26). The van der Waals surface area contributed by atoms with Crippen molar-refractivity contribution in [3.05, 3.63) is 46.6 Å². The van der Waals surface area contributed by atoms with Crippen LogP contribution in [0.5, 0.6) is 0 Å². The molecule has 2 amide bonds. The summed E-state index contributed by atoms with van der Waals surface area (Å²) in [6, 6.07) is 5.84. The number of halogens is 1. The van der Waals surface area contributed by atoms with Crippen LogP contribution in [0.4, 0.5) is 0 Å². The van der Waals surface area contributed by atoms with E-state index in [1.165, 1.54) is 0 Å². The van der Waals surface area contributed by atoms with E-state index in [4.69, 9.17) is 16.1 Å². The first-order valence-electron chi connectivity index (χ1n) is 9.29. The third-order valence-corrected chi connectivity index (χ3v) is 4.67. The molecule has 0 spiro atoms. The first-order chi connectivity index (χ1) is 13.1. The maximum atomic E-state index is 12.7. The summed E-state index contributed by atoms with van der Waals surface area (Å²) in [5, 5.41) is 10.0. The highest BCUT2D eigenvalue weighted by molar-refractivity contribution is 6.30. The molecule has 28 heavy (non-hydrogen) atoms. The molecule has 0 aliphatic carbocycles. The van der Waals surface area contributed by atoms with Gasteiger partial charge in [0.15, 0.2) is 5.82 Å². The van der Waals surface area contributed by atoms with Crippen LogP contribution in [-0.4, -0.2) is 28.0 Å². The monoisotopic (exact) mass is 406 g/mol. The van der Waals surface area contributed by atoms with Gasteiger partial charge >= 0.3 is 0 Å². The van der Waals surface area contributed by atoms with E-state index in [-0.39, 0.29) is 29.7 Å². The molecule has 2 aromatic rings. The average Bonchev–Trinajstić information content (AvgIpc) is 3.13. The van der Waals surface area contributed by atoms with Crippen molar-refractivity contribution in [2.24, 2.45) is 5.92 Å². The van der Waals surface area contributed by atoms with Gasteiger partial charge in [-0.1, -0.05) is 57.8 Å². The van der Waals surface area contributed by atoms with E-state index < -0.39 is 6.04 Å². The van der Waals surface area contributed by atoms with E-state index >= 15 is 0 Å². The van der Waals surface area contributed by atoms with Gasteiger partial charge in [0.1, 0.15) is 6.04 Å². The Hall–Kier alpha value is -2.41. The zero-order chi connectivity index (χ0) is 20.9. The van der Waals surface area contributed by atoms with Crippen molar-refractivity contribution in [1.29, 1.82) is 0 Å². The van der Waals surface area contributed by atoms with Gasteiger partial charge in [-0.05, 0) is 30.2 Å². The Morgan fingerprint density at radius 3 is 2.39 bits per heavy atom. The molecule has 7 nitrogen and oxygen atoms in total. The summed E-state index contributed by atoms with van der Waals surface area (Å²) in [4.78, 5) is 29.5. The minimum absolute atomic E-state index is 0.0494. The lowest BCUT2D eigenvalue weighted by molar-refractivity contribution is -0.124. The second-order valence-electron chi connectivity index (χ2n) is 7.83. The molecular weight excluding hydrogens is 380 g/mol. The predicted octanol–water partition coefficient (Wildman–Crippen LogP) is 3.48. The lowest BCUT2D eigenvalue weighted by atomic mass is 9.97. The van der Waals surface area contributed by atoms with E-state index in [1.807, 2.05) is 34.6 Å². The van der Waals surface area contributed by atoms with Gasteiger partial charge < -0.3 is 15.2 Å². The Morgan fingerprint density at radius 2 is 1.86 bits per heavy atom. The SMILES string of the molecule is CCC(C)C(NC(=O)c1ccc(Cl)cc1)C(=O)NCc1noc(C(C)(C)C)n1. The highest BCUT2D eigenvalue weighted by atomic mass is 35.5. The summed E-state index contributed by atoms with van der Waals surface area (Å²) >= 11 is 5.86. The Bertz CT molecular complexity index is 812. The van der Waals surface area contributed by atoms with Gasteiger partial charge in [-0.2, -0.15) is 4.98 Å². The van der Waals surface area contributed by atoms with E-state index in [0.29, 0.717) is 22.3 Å². The van der Waals surface area contributed by atoms with Gasteiger partial charge in [0.05, 0.1) is 6.54 Å². The predicted molar refractivity (Wildman–Crippen MR) is 107 cm³/mol. The van der Waals surface area contributed by atoms with E-state index in [1.54, 1.807) is 24.3 Å². The van der Waals surface area contributed by atoms with Crippen LogP contribution in [0.25, 0.3) is 0 Å². The number of carbonyl (C=O) groups excluding carboxylic acids is 2. The summed E-state index contributed by atoms with van der Waals surface area (Å²) in [5.74, 6) is 0.230. The molecule has 8 heteroatoms. The fourth-order valence-corrected chi connectivity index (χ4v) is 2.56. The Labute approximate surface area is 170 Å². The average molecular weight is 407 g/mol. The van der Waals surface area contributed by atoms with Crippen LogP contribution in [0.2, 0.25) is 5.02 Å². The third kappa shape index (κ3) is 5.79. The number of amides is 2. The fraction of sp³-hybridized carbons (Fsp3) is 0.500. The number of benzene rings is 1. The van der Waals surface area contributed by atoms with Gasteiger partial charge in [0, 0.05) is 16.0 Å². The van der Waals surface area contributed by atoms with Crippen LogP contribution in [0, 0.1) is 5.92 Å². The highest BCUT2D eigenvalue weighted by Crippen LogP contribution is 2.19. The van der Waals surface area contributed by atoms with Crippen LogP contribution >= 0.6 is 11.6 Å². The number of nitrogens with zero attached hydrogens (tertiary/aromatic N) is 2. The van der Waals surface area contributed by atoms with Crippen molar-refractivity contribution in [2.45, 2.75) is 59.0 Å². The van der Waals surface area contributed by atoms with Crippen LogP contribution in [-0.2, 0) is 16.8 Å². The second-order valence-corrected chi connectivity index (χ2v) is 8.26. The molecule has 2 N–H and O–H groups in total. The van der Waals surface area contributed by atoms with Gasteiger partial charge in [-0.3, -0.25) is 9.59 Å². The normalized spacial score (nSPS) is 13.6. The molecule has 1 aromatic heterocycles. The molecule has 0 aliphatic heterocycles. The van der Waals surface area contributed by atoms with Gasteiger partial charge in [-0.15, -0.1) is 0 Å². The lowest BCUT2D eigenvalue weighted by Crippen LogP contribution is -2.50. The molecule has 1 heterocycles. The zero-order valence-electron chi connectivity index (χ0n) is 16.9. The van der Waals surface area contributed by atoms with Crippen molar-refractivity contribution < 1.29 is 14.1 Å². The maximum absolute atomic E-state index is 12.7. The zero-order valence-corrected chi connectivity index (χ0v) is 17.6. The van der Waals surface area contributed by atoms with Crippen molar-refractivity contribution in [2.75, 3.05) is 0 Å². The van der Waals surface area contributed by atoms with Crippen LogP contribution < -0.4 is 10.6 Å². The Balaban J connectivity index is 2.03. The molecule has 0 saturated carbocycles. The Morgan fingerprint density at radius 1 is 1.21 bits per heavy atom. The van der Waals surface area contributed by atoms with Crippen LogP contribution in [0.1, 0.15) is 63.1 Å². The Kier molecular flexibility index (Phi) is 7.18. The lowest BCUT2D eigenvalue weighted by Gasteiger charge is -2.23. The second kappa shape index (κ2) is 9.19. The smallest absolute Gasteiger partial charge is 0.251 e. The molecule has 0 aliphatic rings. The maximum Gasteiger partial charge on any atom is 0.251 e. The quantitative estimate of drug-likeness (QED) is 0.733. The van der Waals surface area contributed by atoms with Crippen molar-refractivity contribution in [3.8, 4) is 0 Å². The molecule has 0 fully saturated rings. The number of carbonyl (C=O) groups is 2. The molecule has 0 radical (unpaired) electrons. The minimum Gasteiger partial charge on any atom is -0.347 e. The largest absolute Gasteiger partial charge is 0.347 e. The van der Waals surface area contributed by atoms with Gasteiger partial charge in [-0.25, -0.2) is 0 Å². The number of rotatable bonds is 7. The molecule has 152 valence electrons. The first-order valence-corrected chi connectivity index (χ1v) is 9.66. The number of hydrogen-bond acceptors (Lipinski definition) is 5. The number of aromatic nitrogens is 2. The summed E-state index contributed by atoms with van der Waals surface area (Å²) in [5.41, 5.74) is 0.180. The van der Waals surface area contributed by atoms with Crippen LogP contribution in [0.3, 0.4) is 0 Å². The molecule has 0 bridgehead atoms. The van der Waals surface area contributed by atoms with Crippen molar-refractivity contribution >= 4 is 23.4 Å². The van der Waals surface area contributed by atoms with Crippen molar-refractivity contribution in [1.82, 2.24) is 20.8 Å². The summed E-state index contributed by atoms with van der Waals surface area (Å²) in [7, 11) is 0. The molecular formula is C20H27ClN4O3. The summed E-state index contributed by atoms with van der Waals surface area (Å²) < 4.78 is 5.23. The number of hydrogen-bond donors (Lipinski definition) is 2.